The fourth-order valence-corrected chi connectivity index (χ4v) is 5.62. The summed E-state index contributed by atoms with van der Waals surface area (Å²) >= 11 is 12.5. The predicted molar refractivity (Wildman–Crippen MR) is 146 cm³/mol. The van der Waals surface area contributed by atoms with Crippen LogP contribution in [-0.4, -0.2) is 49.5 Å². The van der Waals surface area contributed by atoms with Crippen molar-refractivity contribution in [3.63, 3.8) is 0 Å². The molecule has 1 aliphatic carbocycles. The summed E-state index contributed by atoms with van der Waals surface area (Å²) in [5.41, 5.74) is -2.56. The Bertz CT molecular complexity index is 1200. The summed E-state index contributed by atoms with van der Waals surface area (Å²) in [4.78, 5) is 26.4. The Morgan fingerprint density at radius 3 is 2.25 bits per heavy atom. The number of aliphatic hydroxyl groups excluding tert-OH is 1. The molecule has 2 N–H and O–H groups in total. The van der Waals surface area contributed by atoms with Crippen LogP contribution in [-0.2, 0) is 17.4 Å². The van der Waals surface area contributed by atoms with Crippen LogP contribution in [0.2, 0.25) is 10.0 Å². The largest absolute Gasteiger partial charge is 0.481 e. The number of alkyl halides is 3. The third-order valence-corrected chi connectivity index (χ3v) is 8.36. The third-order valence-electron chi connectivity index (χ3n) is 7.65. The molecule has 3 rings (SSSR count). The van der Waals surface area contributed by atoms with E-state index in [4.69, 9.17) is 23.2 Å². The van der Waals surface area contributed by atoms with Crippen molar-refractivity contribution in [2.45, 2.75) is 91.1 Å². The number of aromatic nitrogens is 2. The molecule has 0 saturated heterocycles. The van der Waals surface area contributed by atoms with Gasteiger partial charge in [0.15, 0.2) is 5.69 Å². The van der Waals surface area contributed by atoms with Gasteiger partial charge in [0.1, 0.15) is 6.23 Å². The maximum atomic E-state index is 14.4. The molecule has 1 heterocycles. The number of carboxylic acid groups (broad SMARTS) is 1. The Labute approximate surface area is 242 Å². The molecule has 1 saturated carbocycles. The lowest BCUT2D eigenvalue weighted by atomic mass is 9.74. The van der Waals surface area contributed by atoms with Crippen molar-refractivity contribution in [1.29, 1.82) is 0 Å². The van der Waals surface area contributed by atoms with Crippen molar-refractivity contribution < 1.29 is 33.0 Å². The second-order valence-corrected chi connectivity index (χ2v) is 12.8. The third kappa shape index (κ3) is 7.50. The summed E-state index contributed by atoms with van der Waals surface area (Å²) in [5.74, 6) is -1.99. The van der Waals surface area contributed by atoms with Crippen LogP contribution >= 0.6 is 23.2 Å². The average Bonchev–Trinajstić information content (AvgIpc) is 3.30. The van der Waals surface area contributed by atoms with E-state index in [1.165, 1.54) is 0 Å². The number of nitrogens with zero attached hydrogens (tertiary/aromatic N) is 3. The summed E-state index contributed by atoms with van der Waals surface area (Å²) in [6.45, 7) is 7.33. The molecule has 12 heteroatoms. The fraction of sp³-hybridized carbons (Fsp3) is 0.607. The van der Waals surface area contributed by atoms with Crippen molar-refractivity contribution in [3.05, 3.63) is 51.3 Å². The van der Waals surface area contributed by atoms with E-state index < -0.39 is 47.0 Å². The van der Waals surface area contributed by atoms with Gasteiger partial charge >= 0.3 is 12.1 Å². The molecule has 1 amide bonds. The van der Waals surface area contributed by atoms with Crippen molar-refractivity contribution in [2.75, 3.05) is 6.54 Å². The number of carbonyl (C=O) groups excluding carboxylic acids is 1. The fourth-order valence-electron chi connectivity index (χ4n) is 5.04. The number of halogens is 5. The van der Waals surface area contributed by atoms with Gasteiger partial charge in [-0.2, -0.15) is 18.3 Å². The number of carboxylic acids is 1. The molecule has 40 heavy (non-hydrogen) atoms. The Balaban J connectivity index is 1.96. The first-order valence-corrected chi connectivity index (χ1v) is 14.0. The predicted octanol–water partition coefficient (Wildman–Crippen LogP) is 7.24. The van der Waals surface area contributed by atoms with E-state index in [-0.39, 0.29) is 50.5 Å². The first kappa shape index (κ1) is 32.2. The van der Waals surface area contributed by atoms with Gasteiger partial charge in [0.25, 0.3) is 5.91 Å². The molecule has 222 valence electrons. The minimum Gasteiger partial charge on any atom is -0.481 e. The molecule has 0 spiro atoms. The number of hydrogen-bond donors (Lipinski definition) is 2. The number of aliphatic carboxylic acids is 1. The zero-order valence-corrected chi connectivity index (χ0v) is 24.6. The molecular weight excluding hydrogens is 570 g/mol. The quantitative estimate of drug-likeness (QED) is 0.294. The van der Waals surface area contributed by atoms with Gasteiger partial charge in [0.05, 0.1) is 23.2 Å². The Hall–Kier alpha value is -2.30. The van der Waals surface area contributed by atoms with Gasteiger partial charge < -0.3 is 15.1 Å². The Morgan fingerprint density at radius 1 is 1.18 bits per heavy atom. The Morgan fingerprint density at radius 2 is 1.75 bits per heavy atom. The number of rotatable bonds is 9. The molecule has 0 aliphatic heterocycles. The van der Waals surface area contributed by atoms with Crippen LogP contribution in [0.5, 0.6) is 0 Å². The maximum absolute atomic E-state index is 14.4. The van der Waals surface area contributed by atoms with Crippen LogP contribution in [0.4, 0.5) is 13.2 Å². The van der Waals surface area contributed by atoms with Gasteiger partial charge in [-0.3, -0.25) is 14.3 Å². The maximum Gasteiger partial charge on any atom is 0.433 e. The van der Waals surface area contributed by atoms with E-state index in [1.807, 2.05) is 20.8 Å². The van der Waals surface area contributed by atoms with Gasteiger partial charge in [0.2, 0.25) is 0 Å². The van der Waals surface area contributed by atoms with Crippen molar-refractivity contribution in [3.8, 4) is 0 Å². The van der Waals surface area contributed by atoms with Crippen LogP contribution in [0.25, 0.3) is 0 Å². The molecular formula is C28H36Cl2F3N3O4. The monoisotopic (exact) mass is 605 g/mol. The highest BCUT2D eigenvalue weighted by molar-refractivity contribution is 6.36. The lowest BCUT2D eigenvalue weighted by Crippen LogP contribution is -2.43. The van der Waals surface area contributed by atoms with Crippen LogP contribution < -0.4 is 0 Å². The first-order chi connectivity index (χ1) is 18.4. The molecule has 1 aromatic carbocycles. The molecule has 1 atom stereocenters. The normalized spacial score (nSPS) is 20.8. The van der Waals surface area contributed by atoms with Gasteiger partial charge in [-0.15, -0.1) is 0 Å². The summed E-state index contributed by atoms with van der Waals surface area (Å²) in [5, 5.41) is 25.2. The number of hydrogen-bond acceptors (Lipinski definition) is 4. The van der Waals surface area contributed by atoms with Crippen LogP contribution in [0.3, 0.4) is 0 Å². The molecule has 0 bridgehead atoms. The topological polar surface area (TPSA) is 95.7 Å². The smallest absolute Gasteiger partial charge is 0.433 e. The zero-order valence-electron chi connectivity index (χ0n) is 23.1. The van der Waals surface area contributed by atoms with Gasteiger partial charge in [0, 0.05) is 16.6 Å². The van der Waals surface area contributed by atoms with E-state index in [1.54, 1.807) is 25.1 Å². The highest BCUT2D eigenvalue weighted by Gasteiger charge is 2.45. The number of aliphatic hydroxyl groups is 1. The highest BCUT2D eigenvalue weighted by Crippen LogP contribution is 2.43. The first-order valence-electron chi connectivity index (χ1n) is 13.2. The molecule has 7 nitrogen and oxygen atoms in total. The summed E-state index contributed by atoms with van der Waals surface area (Å²) in [6, 6.07) is 4.18. The lowest BCUT2D eigenvalue weighted by molar-refractivity contribution is -0.152. The number of benzene rings is 1. The van der Waals surface area contributed by atoms with Crippen LogP contribution in [0.15, 0.2) is 24.4 Å². The van der Waals surface area contributed by atoms with E-state index in [0.717, 1.165) is 15.8 Å². The van der Waals surface area contributed by atoms with Gasteiger partial charge in [-0.05, 0) is 75.0 Å². The van der Waals surface area contributed by atoms with Gasteiger partial charge in [-0.1, -0.05) is 50.0 Å². The molecule has 2 aromatic rings. The van der Waals surface area contributed by atoms with Crippen molar-refractivity contribution >= 4 is 35.1 Å². The lowest BCUT2D eigenvalue weighted by Gasteiger charge is -2.35. The van der Waals surface area contributed by atoms with Crippen molar-refractivity contribution in [1.82, 2.24) is 14.7 Å². The molecule has 1 fully saturated rings. The molecule has 1 aromatic heterocycles. The zero-order chi connectivity index (χ0) is 30.0. The molecule has 0 unspecified atom stereocenters. The summed E-state index contributed by atoms with van der Waals surface area (Å²) in [6.07, 6.45) is -3.89. The molecule has 1 aliphatic rings. The van der Waals surface area contributed by atoms with Gasteiger partial charge in [-0.25, -0.2) is 0 Å². The average molecular weight is 607 g/mol. The van der Waals surface area contributed by atoms with E-state index >= 15 is 0 Å². The van der Waals surface area contributed by atoms with E-state index in [0.29, 0.717) is 22.0 Å². The number of amides is 1. The minimum absolute atomic E-state index is 0.114. The SMILES string of the molecule is CC(C)(C)CC[C@@H](O)N(CCc1c(Cl)cccc1Cl)C(=O)c1cnn(C2CCC(C)(C(=O)O)CC2)c1C(F)(F)F. The van der Waals surface area contributed by atoms with E-state index in [9.17, 15) is 33.0 Å². The second-order valence-electron chi connectivity index (χ2n) is 12.0. The van der Waals surface area contributed by atoms with Crippen LogP contribution in [0.1, 0.15) is 93.9 Å². The molecule has 0 radical (unpaired) electrons. The number of carbonyl (C=O) groups is 2. The van der Waals surface area contributed by atoms with Crippen molar-refractivity contribution in [2.24, 2.45) is 10.8 Å². The standard InChI is InChI=1S/C28H36Cl2F3N3O4/c1-26(2,3)12-10-22(37)35(15-11-18-20(29)6-5-7-21(18)30)24(38)19-16-34-36(23(19)28(31,32)33)17-8-13-27(4,14-9-17)25(39)40/h5-7,16-17,22,37H,8-15H2,1-4H3,(H,39,40)/t17?,22-,27?/m1/s1. The second kappa shape index (κ2) is 12.3. The Kier molecular flexibility index (Phi) is 9.90. The summed E-state index contributed by atoms with van der Waals surface area (Å²) < 4.78 is 44.1. The summed E-state index contributed by atoms with van der Waals surface area (Å²) in [7, 11) is 0. The van der Waals surface area contributed by atoms with E-state index in [2.05, 4.69) is 5.10 Å². The highest BCUT2D eigenvalue weighted by atomic mass is 35.5. The van der Waals surface area contributed by atoms with Crippen LogP contribution in [0, 0.1) is 10.8 Å². The minimum atomic E-state index is -4.91.